The molecule has 4 rings (SSSR count). The number of amidine groups is 1. The smallest absolute Gasteiger partial charge is 0.124 e. The first-order valence-electron chi connectivity index (χ1n) is 8.85. The first-order chi connectivity index (χ1) is 13.7. The normalized spacial score (nSPS) is 11.5. The van der Waals surface area contributed by atoms with Crippen molar-refractivity contribution in [2.45, 2.75) is 0 Å². The van der Waals surface area contributed by atoms with Crippen LogP contribution < -0.4 is 5.73 Å². The Morgan fingerprint density at radius 1 is 0.857 bits per heavy atom. The van der Waals surface area contributed by atoms with Gasteiger partial charge in [-0.25, -0.2) is 9.98 Å². The molecule has 0 fully saturated rings. The summed E-state index contributed by atoms with van der Waals surface area (Å²) in [6.07, 6.45) is 0. The molecule has 0 radical (unpaired) electrons. The van der Waals surface area contributed by atoms with Crippen LogP contribution in [0.15, 0.2) is 89.9 Å². The van der Waals surface area contributed by atoms with Crippen LogP contribution >= 0.6 is 22.9 Å². The number of nitrogens with zero attached hydrogens (tertiary/aromatic N) is 2. The summed E-state index contributed by atoms with van der Waals surface area (Å²) in [5, 5.41) is 0.944. The van der Waals surface area contributed by atoms with Gasteiger partial charge in [0.25, 0.3) is 0 Å². The fourth-order valence-electron chi connectivity index (χ4n) is 2.92. The van der Waals surface area contributed by atoms with E-state index in [1.54, 1.807) is 11.3 Å². The van der Waals surface area contributed by atoms with Gasteiger partial charge in [-0.2, -0.15) is 0 Å². The van der Waals surface area contributed by atoms with E-state index >= 15 is 0 Å². The highest BCUT2D eigenvalue weighted by Crippen LogP contribution is 2.40. The van der Waals surface area contributed by atoms with Crippen molar-refractivity contribution >= 4 is 34.5 Å². The molecule has 0 aliphatic carbocycles. The van der Waals surface area contributed by atoms with E-state index in [1.165, 1.54) is 0 Å². The lowest BCUT2D eigenvalue weighted by atomic mass is 10.1. The van der Waals surface area contributed by atoms with Crippen molar-refractivity contribution in [3.63, 3.8) is 0 Å². The zero-order chi connectivity index (χ0) is 19.3. The Hall–Kier alpha value is -2.95. The van der Waals surface area contributed by atoms with E-state index in [0.29, 0.717) is 5.84 Å². The molecule has 0 saturated carbocycles. The quantitative estimate of drug-likeness (QED) is 0.239. The fourth-order valence-corrected chi connectivity index (χ4v) is 4.07. The molecule has 0 spiro atoms. The predicted octanol–water partition coefficient (Wildman–Crippen LogP) is 6.37. The number of thiazole rings is 1. The van der Waals surface area contributed by atoms with E-state index in [2.05, 4.69) is 29.3 Å². The minimum atomic E-state index is 0.206. The Morgan fingerprint density at radius 2 is 1.50 bits per heavy atom. The second-order valence-corrected chi connectivity index (χ2v) is 7.48. The van der Waals surface area contributed by atoms with Crippen molar-refractivity contribution in [2.75, 3.05) is 5.88 Å². The first-order valence-corrected chi connectivity index (χ1v) is 10.2. The Labute approximate surface area is 173 Å². The lowest BCUT2D eigenvalue weighted by Crippen LogP contribution is -2.12. The average molecular weight is 404 g/mol. The molecule has 28 heavy (non-hydrogen) atoms. The molecule has 0 aliphatic heterocycles. The van der Waals surface area contributed by atoms with Gasteiger partial charge in [0.1, 0.15) is 10.8 Å². The standard InChI is InChI=1S/C23H18ClN3S/c24-15-20(25)26-19-13-7-12-18(14-19)23-27-21(16-8-3-1-4-9-16)22(28-23)17-10-5-2-6-11-17/h1-14H,15H2,(H2,25,26). The topological polar surface area (TPSA) is 51.3 Å². The average Bonchev–Trinajstić information content (AvgIpc) is 3.21. The number of alkyl halides is 1. The molecule has 3 aromatic carbocycles. The number of aromatic nitrogens is 1. The van der Waals surface area contributed by atoms with Crippen LogP contribution in [0.5, 0.6) is 0 Å². The lowest BCUT2D eigenvalue weighted by molar-refractivity contribution is 1.39. The van der Waals surface area contributed by atoms with E-state index < -0.39 is 0 Å². The molecule has 138 valence electrons. The highest BCUT2D eigenvalue weighted by atomic mass is 35.5. The van der Waals surface area contributed by atoms with Crippen LogP contribution in [-0.2, 0) is 0 Å². The SMILES string of the molecule is NC(CCl)=Nc1cccc(-c2nc(-c3ccccc3)c(-c3ccccc3)s2)c1. The molecule has 2 N–H and O–H groups in total. The predicted molar refractivity (Wildman–Crippen MR) is 120 cm³/mol. The molecule has 0 aliphatic rings. The van der Waals surface area contributed by atoms with Gasteiger partial charge in [-0.15, -0.1) is 22.9 Å². The zero-order valence-corrected chi connectivity index (χ0v) is 16.6. The van der Waals surface area contributed by atoms with E-state index in [9.17, 15) is 0 Å². The minimum absolute atomic E-state index is 0.206. The summed E-state index contributed by atoms with van der Waals surface area (Å²) in [4.78, 5) is 10.5. The summed E-state index contributed by atoms with van der Waals surface area (Å²) < 4.78 is 0. The molecule has 0 atom stereocenters. The lowest BCUT2D eigenvalue weighted by Gasteiger charge is -2.02. The van der Waals surface area contributed by atoms with Gasteiger partial charge in [0, 0.05) is 11.1 Å². The van der Waals surface area contributed by atoms with Crippen LogP contribution in [0.1, 0.15) is 0 Å². The Bertz CT molecular complexity index is 1050. The maximum Gasteiger partial charge on any atom is 0.124 e. The van der Waals surface area contributed by atoms with Crippen LogP contribution in [0.25, 0.3) is 32.3 Å². The van der Waals surface area contributed by atoms with E-state index in [4.69, 9.17) is 22.3 Å². The molecule has 0 bridgehead atoms. The highest BCUT2D eigenvalue weighted by molar-refractivity contribution is 7.19. The van der Waals surface area contributed by atoms with Gasteiger partial charge < -0.3 is 5.73 Å². The Balaban J connectivity index is 1.84. The third kappa shape index (κ3) is 3.98. The molecule has 5 heteroatoms. The Morgan fingerprint density at radius 3 is 2.18 bits per heavy atom. The van der Waals surface area contributed by atoms with Crippen LogP contribution in [0.4, 0.5) is 5.69 Å². The first kappa shape index (κ1) is 18.4. The minimum Gasteiger partial charge on any atom is -0.386 e. The number of benzene rings is 3. The van der Waals surface area contributed by atoms with Crippen molar-refractivity contribution in [1.29, 1.82) is 0 Å². The van der Waals surface area contributed by atoms with Crippen LogP contribution in [-0.4, -0.2) is 16.7 Å². The largest absolute Gasteiger partial charge is 0.386 e. The Kier molecular flexibility index (Phi) is 5.51. The number of hydrogen-bond donors (Lipinski definition) is 1. The number of aliphatic imine (C=N–C) groups is 1. The van der Waals surface area contributed by atoms with E-state index in [0.717, 1.165) is 38.0 Å². The summed E-state index contributed by atoms with van der Waals surface area (Å²) >= 11 is 7.43. The van der Waals surface area contributed by atoms with Gasteiger partial charge in [-0.3, -0.25) is 0 Å². The number of rotatable bonds is 5. The highest BCUT2D eigenvalue weighted by Gasteiger charge is 2.16. The van der Waals surface area contributed by atoms with Gasteiger partial charge in [0.2, 0.25) is 0 Å². The summed E-state index contributed by atoms with van der Waals surface area (Å²) in [6.45, 7) is 0. The number of hydrogen-bond acceptors (Lipinski definition) is 3. The van der Waals surface area contributed by atoms with Crippen molar-refractivity contribution < 1.29 is 0 Å². The number of nitrogens with two attached hydrogens (primary N) is 1. The summed E-state index contributed by atoms with van der Waals surface area (Å²) in [7, 11) is 0. The van der Waals surface area contributed by atoms with Crippen molar-refractivity contribution in [2.24, 2.45) is 10.7 Å². The molecular formula is C23H18ClN3S. The molecule has 1 aromatic heterocycles. The molecule has 0 saturated heterocycles. The zero-order valence-electron chi connectivity index (χ0n) is 15.0. The van der Waals surface area contributed by atoms with Crippen molar-refractivity contribution in [1.82, 2.24) is 4.98 Å². The monoisotopic (exact) mass is 403 g/mol. The van der Waals surface area contributed by atoms with E-state index in [1.807, 2.05) is 60.7 Å². The molecule has 1 heterocycles. The summed E-state index contributed by atoms with van der Waals surface area (Å²) in [5.74, 6) is 0.602. The molecular weight excluding hydrogens is 386 g/mol. The molecule has 0 amide bonds. The van der Waals surface area contributed by atoms with Crippen LogP contribution in [0, 0.1) is 0 Å². The van der Waals surface area contributed by atoms with Gasteiger partial charge in [0.15, 0.2) is 0 Å². The third-order valence-electron chi connectivity index (χ3n) is 4.21. The second kappa shape index (κ2) is 8.38. The third-order valence-corrected chi connectivity index (χ3v) is 5.64. The van der Waals surface area contributed by atoms with Crippen LogP contribution in [0.2, 0.25) is 0 Å². The van der Waals surface area contributed by atoms with Gasteiger partial charge in [0.05, 0.1) is 22.1 Å². The fraction of sp³-hybridized carbons (Fsp3) is 0.0435. The van der Waals surface area contributed by atoms with Gasteiger partial charge >= 0.3 is 0 Å². The maximum absolute atomic E-state index is 5.78. The molecule has 4 aromatic rings. The molecule has 3 nitrogen and oxygen atoms in total. The van der Waals surface area contributed by atoms with Gasteiger partial charge in [-0.05, 0) is 17.7 Å². The van der Waals surface area contributed by atoms with Crippen LogP contribution in [0.3, 0.4) is 0 Å². The summed E-state index contributed by atoms with van der Waals surface area (Å²) in [5.41, 5.74) is 10.8. The van der Waals surface area contributed by atoms with Gasteiger partial charge in [-0.1, -0.05) is 72.8 Å². The molecule has 0 unspecified atom stereocenters. The number of halogens is 1. The van der Waals surface area contributed by atoms with E-state index in [-0.39, 0.29) is 5.88 Å². The van der Waals surface area contributed by atoms with Crippen molar-refractivity contribution in [3.05, 3.63) is 84.9 Å². The summed E-state index contributed by atoms with van der Waals surface area (Å²) in [6, 6.07) is 28.5. The van der Waals surface area contributed by atoms with Crippen molar-refractivity contribution in [3.8, 4) is 32.3 Å². The second-order valence-electron chi connectivity index (χ2n) is 6.22. The maximum atomic E-state index is 5.78.